The second kappa shape index (κ2) is 14.1. The molecule has 0 radical (unpaired) electrons. The summed E-state index contributed by atoms with van der Waals surface area (Å²) < 4.78 is 38.6. The smallest absolute Gasteiger partial charge is 0.168 e. The average molecular weight is 399 g/mol. The Labute approximate surface area is 171 Å². The number of unbranched alkanes of at least 4 members (excludes halogenated alkanes) is 5. The minimum Gasteiger partial charge on any atom is -0.350 e. The van der Waals surface area contributed by atoms with Crippen LogP contribution in [-0.2, 0) is 15.9 Å². The van der Waals surface area contributed by atoms with Crippen LogP contribution in [0.15, 0.2) is 18.2 Å². The quantitative estimate of drug-likeness (QED) is 0.213. The zero-order valence-electron chi connectivity index (χ0n) is 18.4. The van der Waals surface area contributed by atoms with Gasteiger partial charge >= 0.3 is 0 Å². The molecule has 162 valence electrons. The van der Waals surface area contributed by atoms with Crippen molar-refractivity contribution in [3.8, 4) is 0 Å². The van der Waals surface area contributed by atoms with Crippen LogP contribution in [0.2, 0.25) is 0 Å². The van der Waals surface area contributed by atoms with Gasteiger partial charge < -0.3 is 9.47 Å². The van der Waals surface area contributed by atoms with E-state index in [1.807, 2.05) is 13.8 Å². The Kier molecular flexibility index (Phi) is 12.6. The first-order valence-electron chi connectivity index (χ1n) is 11.2. The molecule has 0 saturated heterocycles. The van der Waals surface area contributed by atoms with E-state index in [0.717, 1.165) is 31.2 Å². The lowest BCUT2D eigenvalue weighted by Gasteiger charge is -2.37. The Morgan fingerprint density at radius 1 is 0.821 bits per heavy atom. The molecule has 0 saturated carbocycles. The Morgan fingerprint density at radius 3 is 2.04 bits per heavy atom. The fourth-order valence-electron chi connectivity index (χ4n) is 3.94. The SMILES string of the molecule is CCCCCCCCC(CCCc1ccc(F)c(F)c1)C(C)(OCC)OCC. The van der Waals surface area contributed by atoms with Crippen molar-refractivity contribution in [2.75, 3.05) is 13.2 Å². The van der Waals surface area contributed by atoms with E-state index in [1.54, 1.807) is 6.07 Å². The zero-order chi connectivity index (χ0) is 20.8. The molecule has 0 spiro atoms. The number of benzene rings is 1. The maximum atomic E-state index is 13.4. The average Bonchev–Trinajstić information content (AvgIpc) is 2.66. The molecule has 1 atom stereocenters. The molecule has 1 aromatic rings. The van der Waals surface area contributed by atoms with Crippen molar-refractivity contribution < 1.29 is 18.3 Å². The molecule has 4 heteroatoms. The highest BCUT2D eigenvalue weighted by Gasteiger charge is 2.34. The fraction of sp³-hybridized carbons (Fsp3) is 0.750. The molecule has 0 fully saturated rings. The third-order valence-electron chi connectivity index (χ3n) is 5.51. The van der Waals surface area contributed by atoms with Gasteiger partial charge in [0.1, 0.15) is 0 Å². The van der Waals surface area contributed by atoms with E-state index in [9.17, 15) is 8.78 Å². The molecule has 0 heterocycles. The summed E-state index contributed by atoms with van der Waals surface area (Å²) in [5.74, 6) is -1.84. The Morgan fingerprint density at radius 2 is 1.43 bits per heavy atom. The van der Waals surface area contributed by atoms with Gasteiger partial charge in [-0.1, -0.05) is 51.5 Å². The van der Waals surface area contributed by atoms with Gasteiger partial charge in [-0.15, -0.1) is 0 Å². The minimum absolute atomic E-state index is 0.295. The second-order valence-electron chi connectivity index (χ2n) is 7.78. The summed E-state index contributed by atoms with van der Waals surface area (Å²) in [5, 5.41) is 0. The van der Waals surface area contributed by atoms with Crippen molar-refractivity contribution in [3.05, 3.63) is 35.4 Å². The van der Waals surface area contributed by atoms with Crippen LogP contribution in [0, 0.1) is 17.6 Å². The van der Waals surface area contributed by atoms with Crippen LogP contribution in [0.4, 0.5) is 8.78 Å². The molecule has 2 nitrogen and oxygen atoms in total. The van der Waals surface area contributed by atoms with Crippen molar-refractivity contribution >= 4 is 0 Å². The van der Waals surface area contributed by atoms with Crippen molar-refractivity contribution in [1.29, 1.82) is 0 Å². The first-order valence-corrected chi connectivity index (χ1v) is 11.2. The molecule has 0 aromatic heterocycles. The number of halogens is 2. The van der Waals surface area contributed by atoms with Crippen molar-refractivity contribution in [2.24, 2.45) is 5.92 Å². The summed E-state index contributed by atoms with van der Waals surface area (Å²) >= 11 is 0. The predicted octanol–water partition coefficient (Wildman–Crippen LogP) is 7.44. The Hall–Kier alpha value is -1.00. The number of hydrogen-bond acceptors (Lipinski definition) is 2. The van der Waals surface area contributed by atoms with Crippen LogP contribution in [0.3, 0.4) is 0 Å². The maximum Gasteiger partial charge on any atom is 0.168 e. The Bertz CT molecular complexity index is 527. The molecular formula is C24H40F2O2. The third kappa shape index (κ3) is 9.00. The largest absolute Gasteiger partial charge is 0.350 e. The van der Waals surface area contributed by atoms with Gasteiger partial charge in [0.05, 0.1) is 0 Å². The first kappa shape index (κ1) is 25.0. The van der Waals surface area contributed by atoms with Gasteiger partial charge in [0.2, 0.25) is 0 Å². The molecule has 0 N–H and O–H groups in total. The topological polar surface area (TPSA) is 18.5 Å². The molecule has 0 aliphatic carbocycles. The minimum atomic E-state index is -0.787. The molecule has 0 amide bonds. The summed E-state index contributed by atoms with van der Waals surface area (Å²) in [6.45, 7) is 9.53. The summed E-state index contributed by atoms with van der Waals surface area (Å²) in [4.78, 5) is 0. The Balaban J connectivity index is 2.63. The molecule has 28 heavy (non-hydrogen) atoms. The van der Waals surface area contributed by atoms with Gasteiger partial charge in [-0.25, -0.2) is 8.78 Å². The van der Waals surface area contributed by atoms with Gasteiger partial charge in [-0.2, -0.15) is 0 Å². The molecular weight excluding hydrogens is 358 g/mol. The summed E-state index contributed by atoms with van der Waals surface area (Å²) in [6.07, 6.45) is 11.3. The summed E-state index contributed by atoms with van der Waals surface area (Å²) in [5.41, 5.74) is 0.840. The van der Waals surface area contributed by atoms with Crippen molar-refractivity contribution in [1.82, 2.24) is 0 Å². The highest BCUT2D eigenvalue weighted by atomic mass is 19.2. The monoisotopic (exact) mass is 398 g/mol. The summed E-state index contributed by atoms with van der Waals surface area (Å²) in [6, 6.07) is 4.19. The lowest BCUT2D eigenvalue weighted by Crippen LogP contribution is -2.41. The van der Waals surface area contributed by atoms with E-state index in [2.05, 4.69) is 13.8 Å². The molecule has 0 aliphatic rings. The predicted molar refractivity (Wildman–Crippen MR) is 112 cm³/mol. The van der Waals surface area contributed by atoms with Gasteiger partial charge in [-0.3, -0.25) is 0 Å². The van der Waals surface area contributed by atoms with Gasteiger partial charge in [0.25, 0.3) is 0 Å². The van der Waals surface area contributed by atoms with Crippen LogP contribution in [0.1, 0.15) is 91.0 Å². The van der Waals surface area contributed by atoms with E-state index < -0.39 is 17.4 Å². The molecule has 0 bridgehead atoms. The molecule has 0 aliphatic heterocycles. The van der Waals surface area contributed by atoms with Crippen LogP contribution in [0.5, 0.6) is 0 Å². The first-order chi connectivity index (χ1) is 13.5. The van der Waals surface area contributed by atoms with Crippen LogP contribution >= 0.6 is 0 Å². The van der Waals surface area contributed by atoms with E-state index in [1.165, 1.54) is 50.7 Å². The second-order valence-corrected chi connectivity index (χ2v) is 7.78. The number of aryl methyl sites for hydroxylation is 1. The zero-order valence-corrected chi connectivity index (χ0v) is 18.4. The van der Waals surface area contributed by atoms with Gasteiger partial charge in [-0.05, 0) is 64.2 Å². The summed E-state index contributed by atoms with van der Waals surface area (Å²) in [7, 11) is 0. The van der Waals surface area contributed by atoms with E-state index in [0.29, 0.717) is 19.1 Å². The van der Waals surface area contributed by atoms with E-state index in [4.69, 9.17) is 9.47 Å². The van der Waals surface area contributed by atoms with Gasteiger partial charge in [0.15, 0.2) is 17.4 Å². The third-order valence-corrected chi connectivity index (χ3v) is 5.51. The molecule has 1 unspecified atom stereocenters. The van der Waals surface area contributed by atoms with Crippen LogP contribution in [0.25, 0.3) is 0 Å². The van der Waals surface area contributed by atoms with Crippen molar-refractivity contribution in [3.63, 3.8) is 0 Å². The van der Waals surface area contributed by atoms with E-state index >= 15 is 0 Å². The van der Waals surface area contributed by atoms with Crippen LogP contribution in [-0.4, -0.2) is 19.0 Å². The van der Waals surface area contributed by atoms with E-state index in [-0.39, 0.29) is 0 Å². The van der Waals surface area contributed by atoms with Gasteiger partial charge in [0, 0.05) is 19.1 Å². The number of ether oxygens (including phenoxy) is 2. The number of hydrogen-bond donors (Lipinski definition) is 0. The normalized spacial score (nSPS) is 13.1. The molecule has 1 rings (SSSR count). The lowest BCUT2D eigenvalue weighted by atomic mass is 9.87. The highest BCUT2D eigenvalue weighted by molar-refractivity contribution is 5.17. The van der Waals surface area contributed by atoms with Crippen molar-refractivity contribution in [2.45, 2.75) is 97.7 Å². The number of rotatable bonds is 16. The molecule has 1 aromatic carbocycles. The maximum absolute atomic E-state index is 13.4. The fourth-order valence-corrected chi connectivity index (χ4v) is 3.94. The highest BCUT2D eigenvalue weighted by Crippen LogP contribution is 2.33. The lowest BCUT2D eigenvalue weighted by molar-refractivity contribution is -0.254. The van der Waals surface area contributed by atoms with Crippen LogP contribution < -0.4 is 0 Å². The standard InChI is InChI=1S/C24H40F2O2/c1-5-8-9-10-11-12-15-21(24(4,27-6-2)28-7-3)16-13-14-20-17-18-22(25)23(26)19-20/h17-19,21H,5-16H2,1-4H3.